The fourth-order valence-electron chi connectivity index (χ4n) is 1.62. The second kappa shape index (κ2) is 6.40. The van der Waals surface area contributed by atoms with Crippen LogP contribution in [0.1, 0.15) is 10.4 Å². The molecule has 0 atom stereocenters. The van der Waals surface area contributed by atoms with E-state index in [9.17, 15) is 14.1 Å². The summed E-state index contributed by atoms with van der Waals surface area (Å²) in [7, 11) is 1.34. The summed E-state index contributed by atoms with van der Waals surface area (Å²) in [5, 5.41) is 8.73. The van der Waals surface area contributed by atoms with Gasteiger partial charge in [-0.3, -0.25) is 4.79 Å². The third-order valence-corrected chi connectivity index (χ3v) is 2.39. The fourth-order valence-corrected chi connectivity index (χ4v) is 1.62. The predicted octanol–water partition coefficient (Wildman–Crippen LogP) is 2.28. The van der Waals surface area contributed by atoms with Crippen molar-refractivity contribution in [2.75, 3.05) is 7.11 Å². The van der Waals surface area contributed by atoms with E-state index in [1.807, 2.05) is 0 Å². The van der Waals surface area contributed by atoms with Gasteiger partial charge in [0.2, 0.25) is 5.43 Å². The highest BCUT2D eigenvalue weighted by atomic mass is 35.5. The van der Waals surface area contributed by atoms with Crippen LogP contribution in [0.2, 0.25) is 0 Å². The summed E-state index contributed by atoms with van der Waals surface area (Å²) >= 11 is 0. The highest BCUT2D eigenvalue weighted by Gasteiger charge is 2.16. The molecule has 8 heteroatoms. The van der Waals surface area contributed by atoms with Crippen LogP contribution in [0.15, 0.2) is 29.2 Å². The summed E-state index contributed by atoms with van der Waals surface area (Å²) < 4.78 is 18.6. The van der Waals surface area contributed by atoms with E-state index >= 15 is 0 Å². The number of benzene rings is 1. The zero-order chi connectivity index (χ0) is 12.6. The van der Waals surface area contributed by atoms with E-state index in [-0.39, 0.29) is 46.3 Å². The molecule has 1 aromatic heterocycles. The number of aromatic carboxylic acids is 1. The fraction of sp³-hybridized carbons (Fsp3) is 0.0909. The Hall–Kier alpha value is -1.79. The first kappa shape index (κ1) is 17.2. The topological polar surface area (TPSA) is 68.5 Å². The van der Waals surface area contributed by atoms with E-state index in [1.54, 1.807) is 0 Å². The van der Waals surface area contributed by atoms with E-state index in [1.165, 1.54) is 25.3 Å². The standard InChI is InChI=1S/C11H8FNO4.2ClH/c1-17-8-4-2-3-6-9(8)13(12)5-7(10(6)14)11(15)16;;/h2-5H,1H3,(H,15,16);2*1H. The molecule has 0 aliphatic rings. The first-order chi connectivity index (χ1) is 8.06. The molecule has 2 rings (SSSR count). The van der Waals surface area contributed by atoms with Crippen molar-refractivity contribution in [1.82, 2.24) is 4.79 Å². The molecule has 0 aliphatic carbocycles. The molecular formula is C11H10Cl2FNO4. The number of para-hydroxylation sites is 1. The van der Waals surface area contributed by atoms with Crippen molar-refractivity contribution < 1.29 is 19.1 Å². The van der Waals surface area contributed by atoms with E-state index in [0.29, 0.717) is 6.20 Å². The van der Waals surface area contributed by atoms with Gasteiger partial charge in [0.1, 0.15) is 16.8 Å². The van der Waals surface area contributed by atoms with Gasteiger partial charge in [0.25, 0.3) is 0 Å². The normalized spacial score (nSPS) is 9.37. The van der Waals surface area contributed by atoms with Crippen molar-refractivity contribution in [3.63, 3.8) is 0 Å². The Kier molecular flexibility index (Phi) is 5.80. The van der Waals surface area contributed by atoms with Crippen LogP contribution in [0.4, 0.5) is 4.48 Å². The van der Waals surface area contributed by atoms with E-state index in [0.717, 1.165) is 0 Å². The van der Waals surface area contributed by atoms with Gasteiger partial charge in [-0.1, -0.05) is 10.5 Å². The van der Waals surface area contributed by atoms with Crippen molar-refractivity contribution in [2.24, 2.45) is 0 Å². The molecule has 2 aromatic rings. The molecule has 1 heterocycles. The Morgan fingerprint density at radius 2 is 2.00 bits per heavy atom. The minimum atomic E-state index is -1.47. The van der Waals surface area contributed by atoms with Gasteiger partial charge in [0.05, 0.1) is 18.7 Å². The summed E-state index contributed by atoms with van der Waals surface area (Å²) in [6.07, 6.45) is 0.634. The lowest BCUT2D eigenvalue weighted by molar-refractivity contribution is 0.0693. The quantitative estimate of drug-likeness (QED) is 0.924. The van der Waals surface area contributed by atoms with Gasteiger partial charge in [0, 0.05) is 0 Å². The van der Waals surface area contributed by atoms with Gasteiger partial charge in [-0.05, 0) is 12.1 Å². The van der Waals surface area contributed by atoms with E-state index in [4.69, 9.17) is 9.84 Å². The van der Waals surface area contributed by atoms with E-state index in [2.05, 4.69) is 0 Å². The average Bonchev–Trinajstić information content (AvgIpc) is 2.32. The lowest BCUT2D eigenvalue weighted by Crippen LogP contribution is -2.17. The number of ether oxygens (including phenoxy) is 1. The zero-order valence-electron chi connectivity index (χ0n) is 9.62. The second-order valence-corrected chi connectivity index (χ2v) is 3.34. The van der Waals surface area contributed by atoms with Crippen LogP contribution in [0.3, 0.4) is 0 Å². The molecule has 5 nitrogen and oxygen atoms in total. The molecule has 0 fully saturated rings. The molecular weight excluding hydrogens is 300 g/mol. The Morgan fingerprint density at radius 1 is 1.37 bits per heavy atom. The van der Waals surface area contributed by atoms with Crippen molar-refractivity contribution in [1.29, 1.82) is 0 Å². The Labute approximate surface area is 119 Å². The number of aromatic nitrogens is 1. The highest BCUT2D eigenvalue weighted by molar-refractivity contribution is 5.94. The van der Waals surface area contributed by atoms with Crippen LogP contribution in [0.25, 0.3) is 10.9 Å². The molecule has 0 spiro atoms. The number of hydrogen-bond donors (Lipinski definition) is 1. The Bertz CT molecular complexity index is 672. The average molecular weight is 310 g/mol. The third kappa shape index (κ3) is 2.80. The molecule has 1 N–H and O–H groups in total. The molecule has 0 saturated carbocycles. The molecule has 0 radical (unpaired) electrons. The SMILES string of the molecule is COc1cccc2c(=O)c(C(=O)O)cn(F)c12.Cl.Cl. The zero-order valence-corrected chi connectivity index (χ0v) is 11.3. The van der Waals surface area contributed by atoms with Crippen molar-refractivity contribution >= 4 is 41.7 Å². The van der Waals surface area contributed by atoms with Crippen LogP contribution in [-0.4, -0.2) is 23.0 Å². The third-order valence-electron chi connectivity index (χ3n) is 2.39. The smallest absolute Gasteiger partial charge is 0.341 e. The molecule has 104 valence electrons. The minimum absolute atomic E-state index is 0. The van der Waals surface area contributed by atoms with Gasteiger partial charge in [0.15, 0.2) is 0 Å². The molecule has 0 unspecified atom stereocenters. The molecule has 1 aromatic carbocycles. The first-order valence-electron chi connectivity index (χ1n) is 4.68. The molecule has 19 heavy (non-hydrogen) atoms. The summed E-state index contributed by atoms with van der Waals surface area (Å²) in [5.41, 5.74) is -1.43. The van der Waals surface area contributed by atoms with Crippen LogP contribution in [-0.2, 0) is 0 Å². The number of pyridine rings is 1. The molecule has 0 aliphatic heterocycles. The number of carboxylic acid groups (broad SMARTS) is 1. The van der Waals surface area contributed by atoms with Crippen molar-refractivity contribution in [3.8, 4) is 5.75 Å². The lowest BCUT2D eigenvalue weighted by Gasteiger charge is -2.07. The lowest BCUT2D eigenvalue weighted by atomic mass is 10.1. The maximum Gasteiger partial charge on any atom is 0.341 e. The number of rotatable bonds is 2. The Morgan fingerprint density at radius 3 is 2.53 bits per heavy atom. The number of fused-ring (bicyclic) bond motifs is 1. The number of methoxy groups -OCH3 is 1. The Balaban J connectivity index is 0.00000162. The van der Waals surface area contributed by atoms with Gasteiger partial charge < -0.3 is 9.84 Å². The van der Waals surface area contributed by atoms with Gasteiger partial charge >= 0.3 is 5.97 Å². The van der Waals surface area contributed by atoms with Gasteiger partial charge in [-0.15, -0.1) is 24.8 Å². The van der Waals surface area contributed by atoms with Crippen LogP contribution in [0, 0.1) is 0 Å². The first-order valence-corrected chi connectivity index (χ1v) is 4.68. The molecule has 0 bridgehead atoms. The van der Waals surface area contributed by atoms with Crippen molar-refractivity contribution in [3.05, 3.63) is 40.2 Å². The summed E-state index contributed by atoms with van der Waals surface area (Å²) in [4.78, 5) is 22.6. The van der Waals surface area contributed by atoms with Gasteiger partial charge in [-0.2, -0.15) is 4.79 Å². The van der Waals surface area contributed by atoms with Crippen LogP contribution < -0.4 is 10.2 Å². The monoisotopic (exact) mass is 309 g/mol. The predicted molar refractivity (Wildman–Crippen MR) is 72.7 cm³/mol. The summed E-state index contributed by atoms with van der Waals surface area (Å²) in [6.45, 7) is 0. The highest BCUT2D eigenvalue weighted by Crippen LogP contribution is 2.23. The minimum Gasteiger partial charge on any atom is -0.494 e. The maximum atomic E-state index is 13.7. The van der Waals surface area contributed by atoms with Crippen molar-refractivity contribution in [2.45, 2.75) is 0 Å². The van der Waals surface area contributed by atoms with Crippen LogP contribution >= 0.6 is 24.8 Å². The molecule has 0 amide bonds. The van der Waals surface area contributed by atoms with Gasteiger partial charge in [-0.25, -0.2) is 4.79 Å². The largest absolute Gasteiger partial charge is 0.494 e. The van der Waals surface area contributed by atoms with Crippen LogP contribution in [0.5, 0.6) is 5.75 Å². The molecule has 0 saturated heterocycles. The second-order valence-electron chi connectivity index (χ2n) is 3.34. The summed E-state index contributed by atoms with van der Waals surface area (Å²) in [5.74, 6) is -1.30. The number of halogens is 3. The number of nitrogens with zero attached hydrogens (tertiary/aromatic N) is 1. The van der Waals surface area contributed by atoms with E-state index < -0.39 is 17.0 Å². The maximum absolute atomic E-state index is 13.7. The number of hydrogen-bond acceptors (Lipinski definition) is 3. The summed E-state index contributed by atoms with van der Waals surface area (Å²) in [6, 6.07) is 4.33. The number of carbonyl (C=O) groups is 1. The number of carboxylic acids is 1.